The van der Waals surface area contributed by atoms with Gasteiger partial charge in [-0.2, -0.15) is 0 Å². The van der Waals surface area contributed by atoms with Crippen molar-refractivity contribution in [3.63, 3.8) is 0 Å². The third kappa shape index (κ3) is 3.94. The Kier molecular flexibility index (Phi) is 4.85. The topological polar surface area (TPSA) is 24.5 Å². The normalized spacial score (nSPS) is 29.5. The number of nitrogens with one attached hydrogen (secondary N) is 1. The number of piperazine rings is 1. The van der Waals surface area contributed by atoms with Gasteiger partial charge in [0.1, 0.15) is 0 Å². The van der Waals surface area contributed by atoms with E-state index in [4.69, 9.17) is 4.74 Å². The Balaban J connectivity index is 2.65. The van der Waals surface area contributed by atoms with Crippen LogP contribution in [-0.2, 0) is 4.74 Å². The number of methoxy groups -OCH3 is 1. The molecule has 3 heteroatoms. The molecule has 1 rings (SSSR count). The molecule has 0 amide bonds. The van der Waals surface area contributed by atoms with Crippen molar-refractivity contribution >= 4 is 0 Å². The average Bonchev–Trinajstić information content (AvgIpc) is 2.31. The van der Waals surface area contributed by atoms with E-state index in [1.54, 1.807) is 7.11 Å². The van der Waals surface area contributed by atoms with E-state index in [9.17, 15) is 0 Å². The maximum absolute atomic E-state index is 5.53. The molecule has 1 atom stereocenters. The molecule has 1 fully saturated rings. The van der Waals surface area contributed by atoms with Crippen molar-refractivity contribution in [3.05, 3.63) is 0 Å². The van der Waals surface area contributed by atoms with Crippen molar-refractivity contribution in [3.8, 4) is 0 Å². The minimum absolute atomic E-state index is 0.0242. The zero-order valence-corrected chi connectivity index (χ0v) is 13.4. The zero-order valence-electron chi connectivity index (χ0n) is 13.4. The molecule has 1 unspecified atom stereocenters. The first kappa shape index (κ1) is 15.9. The highest BCUT2D eigenvalue weighted by atomic mass is 16.5. The highest BCUT2D eigenvalue weighted by Gasteiger charge is 2.39. The lowest BCUT2D eigenvalue weighted by molar-refractivity contribution is -0.0202. The third-order valence-corrected chi connectivity index (χ3v) is 4.66. The maximum atomic E-state index is 5.53. The van der Waals surface area contributed by atoms with Gasteiger partial charge in [0.05, 0.1) is 5.60 Å². The van der Waals surface area contributed by atoms with Gasteiger partial charge in [-0.1, -0.05) is 6.92 Å². The van der Waals surface area contributed by atoms with Gasteiger partial charge in [0.25, 0.3) is 0 Å². The molecular weight excluding hydrogens is 224 g/mol. The molecule has 0 aromatic rings. The van der Waals surface area contributed by atoms with Gasteiger partial charge in [-0.25, -0.2) is 0 Å². The SMILES string of the molecule is CCC1(C)CN(CCC(C)(C)OC)C(C)(C)CN1. The summed E-state index contributed by atoms with van der Waals surface area (Å²) in [5.41, 5.74) is 0.467. The second-order valence-corrected chi connectivity index (χ2v) is 7.22. The van der Waals surface area contributed by atoms with Crippen molar-refractivity contribution in [2.45, 2.75) is 71.1 Å². The fraction of sp³-hybridized carbons (Fsp3) is 1.00. The van der Waals surface area contributed by atoms with Gasteiger partial charge in [0.15, 0.2) is 0 Å². The molecule has 0 saturated carbocycles. The van der Waals surface area contributed by atoms with Crippen LogP contribution in [0.25, 0.3) is 0 Å². The molecule has 0 bridgehead atoms. The Morgan fingerprint density at radius 2 is 1.89 bits per heavy atom. The maximum Gasteiger partial charge on any atom is 0.0634 e. The smallest absolute Gasteiger partial charge is 0.0634 e. The average molecular weight is 256 g/mol. The largest absolute Gasteiger partial charge is 0.379 e. The second-order valence-electron chi connectivity index (χ2n) is 7.22. The Morgan fingerprint density at radius 3 is 2.39 bits per heavy atom. The predicted octanol–water partition coefficient (Wildman–Crippen LogP) is 2.65. The molecular formula is C15H32N2O. The minimum Gasteiger partial charge on any atom is -0.379 e. The number of hydrogen-bond donors (Lipinski definition) is 1. The summed E-state index contributed by atoms with van der Waals surface area (Å²) in [7, 11) is 1.80. The van der Waals surface area contributed by atoms with Crippen LogP contribution in [0, 0.1) is 0 Å². The van der Waals surface area contributed by atoms with E-state index in [0.29, 0.717) is 0 Å². The van der Waals surface area contributed by atoms with Crippen LogP contribution in [0.2, 0.25) is 0 Å². The van der Waals surface area contributed by atoms with E-state index < -0.39 is 0 Å². The molecule has 18 heavy (non-hydrogen) atoms. The first-order valence-electron chi connectivity index (χ1n) is 7.19. The monoisotopic (exact) mass is 256 g/mol. The van der Waals surface area contributed by atoms with Crippen molar-refractivity contribution in [2.24, 2.45) is 0 Å². The highest BCUT2D eigenvalue weighted by molar-refractivity contribution is 4.99. The van der Waals surface area contributed by atoms with Crippen LogP contribution in [0.4, 0.5) is 0 Å². The Bertz CT molecular complexity index is 276. The molecule has 108 valence electrons. The van der Waals surface area contributed by atoms with Gasteiger partial charge in [-0.05, 0) is 47.5 Å². The summed E-state index contributed by atoms with van der Waals surface area (Å²) in [6.07, 6.45) is 2.25. The Morgan fingerprint density at radius 1 is 1.28 bits per heavy atom. The van der Waals surface area contributed by atoms with Gasteiger partial charge in [-0.15, -0.1) is 0 Å². The molecule has 0 aromatic carbocycles. The molecule has 1 heterocycles. The second kappa shape index (κ2) is 5.48. The van der Waals surface area contributed by atoms with Crippen LogP contribution in [0.5, 0.6) is 0 Å². The predicted molar refractivity (Wildman–Crippen MR) is 78.1 cm³/mol. The lowest BCUT2D eigenvalue weighted by Gasteiger charge is -2.51. The van der Waals surface area contributed by atoms with Gasteiger partial charge in [-0.3, -0.25) is 4.90 Å². The van der Waals surface area contributed by atoms with E-state index in [1.807, 2.05) is 0 Å². The number of ether oxygens (including phenoxy) is 1. The Hall–Kier alpha value is -0.120. The van der Waals surface area contributed by atoms with Crippen LogP contribution in [0.1, 0.15) is 54.4 Å². The van der Waals surface area contributed by atoms with Crippen LogP contribution < -0.4 is 5.32 Å². The van der Waals surface area contributed by atoms with Crippen molar-refractivity contribution in [1.29, 1.82) is 0 Å². The molecule has 0 aromatic heterocycles. The zero-order chi connectivity index (χ0) is 14.0. The van der Waals surface area contributed by atoms with E-state index in [0.717, 1.165) is 26.1 Å². The molecule has 3 nitrogen and oxygen atoms in total. The summed E-state index contributed by atoms with van der Waals surface area (Å²) in [6.45, 7) is 16.9. The quantitative estimate of drug-likeness (QED) is 0.818. The van der Waals surface area contributed by atoms with Crippen molar-refractivity contribution < 1.29 is 4.74 Å². The first-order valence-corrected chi connectivity index (χ1v) is 7.19. The summed E-state index contributed by atoms with van der Waals surface area (Å²) in [5.74, 6) is 0. The summed E-state index contributed by atoms with van der Waals surface area (Å²) in [5, 5.41) is 3.70. The fourth-order valence-corrected chi connectivity index (χ4v) is 2.36. The van der Waals surface area contributed by atoms with Gasteiger partial charge in [0.2, 0.25) is 0 Å². The number of rotatable bonds is 5. The third-order valence-electron chi connectivity index (χ3n) is 4.66. The van der Waals surface area contributed by atoms with Crippen LogP contribution in [0.3, 0.4) is 0 Å². The van der Waals surface area contributed by atoms with Crippen molar-refractivity contribution in [2.75, 3.05) is 26.7 Å². The summed E-state index contributed by atoms with van der Waals surface area (Å²) < 4.78 is 5.53. The molecule has 1 aliphatic heterocycles. The van der Waals surface area contributed by atoms with Gasteiger partial charge >= 0.3 is 0 Å². The van der Waals surface area contributed by atoms with E-state index in [2.05, 4.69) is 51.8 Å². The molecule has 1 N–H and O–H groups in total. The summed E-state index contributed by atoms with van der Waals surface area (Å²) in [6, 6.07) is 0. The van der Waals surface area contributed by atoms with Crippen LogP contribution in [-0.4, -0.2) is 48.3 Å². The number of hydrogen-bond acceptors (Lipinski definition) is 3. The van der Waals surface area contributed by atoms with E-state index in [-0.39, 0.29) is 16.7 Å². The summed E-state index contributed by atoms with van der Waals surface area (Å²) in [4.78, 5) is 2.62. The van der Waals surface area contributed by atoms with E-state index in [1.165, 1.54) is 6.42 Å². The lowest BCUT2D eigenvalue weighted by Crippen LogP contribution is -2.67. The Labute approximate surface area is 113 Å². The van der Waals surface area contributed by atoms with E-state index >= 15 is 0 Å². The summed E-state index contributed by atoms with van der Waals surface area (Å²) >= 11 is 0. The molecule has 0 spiro atoms. The standard InChI is InChI=1S/C15H32N2O/c1-8-15(6)12-17(13(2,3)11-16-15)10-9-14(4,5)18-7/h16H,8-12H2,1-7H3. The fourth-order valence-electron chi connectivity index (χ4n) is 2.36. The first-order chi connectivity index (χ1) is 8.14. The van der Waals surface area contributed by atoms with Crippen molar-refractivity contribution in [1.82, 2.24) is 10.2 Å². The minimum atomic E-state index is -0.0242. The lowest BCUT2D eigenvalue weighted by atomic mass is 9.87. The molecule has 0 radical (unpaired) electrons. The molecule has 0 aliphatic carbocycles. The van der Waals surface area contributed by atoms with Crippen LogP contribution >= 0.6 is 0 Å². The van der Waals surface area contributed by atoms with Crippen LogP contribution in [0.15, 0.2) is 0 Å². The van der Waals surface area contributed by atoms with Gasteiger partial charge < -0.3 is 10.1 Å². The number of nitrogens with zero attached hydrogens (tertiary/aromatic N) is 1. The highest BCUT2D eigenvalue weighted by Crippen LogP contribution is 2.27. The molecule has 1 saturated heterocycles. The molecule has 1 aliphatic rings. The van der Waals surface area contributed by atoms with Gasteiger partial charge in [0, 0.05) is 37.8 Å².